The lowest BCUT2D eigenvalue weighted by Gasteiger charge is -2.23. The Labute approximate surface area is 124 Å². The minimum Gasteiger partial charge on any atom is -0.481 e. The lowest BCUT2D eigenvalue weighted by molar-refractivity contribution is -0.142. The van der Waals surface area contributed by atoms with Crippen LogP contribution in [0.3, 0.4) is 0 Å². The zero-order valence-corrected chi connectivity index (χ0v) is 12.3. The Balaban J connectivity index is 2.64. The topological polar surface area (TPSA) is 80.0 Å². The van der Waals surface area contributed by atoms with E-state index < -0.39 is 11.9 Å². The van der Waals surface area contributed by atoms with Crippen molar-refractivity contribution < 1.29 is 23.8 Å². The molecular formula is C15H21NO5. The van der Waals surface area contributed by atoms with Crippen LogP contribution in [0.1, 0.15) is 19.1 Å². The summed E-state index contributed by atoms with van der Waals surface area (Å²) >= 11 is 0. The fourth-order valence-corrected chi connectivity index (χ4v) is 1.74. The van der Waals surface area contributed by atoms with Gasteiger partial charge in [0.2, 0.25) is 5.91 Å². The van der Waals surface area contributed by atoms with E-state index in [1.165, 1.54) is 17.2 Å². The number of furan rings is 1. The summed E-state index contributed by atoms with van der Waals surface area (Å²) in [6, 6.07) is 3.46. The molecule has 1 aromatic heterocycles. The molecular weight excluding hydrogens is 274 g/mol. The van der Waals surface area contributed by atoms with Crippen LogP contribution in [0.15, 0.2) is 28.9 Å². The van der Waals surface area contributed by atoms with Crippen molar-refractivity contribution in [1.82, 2.24) is 4.90 Å². The number of carbonyl (C=O) groups excluding carboxylic acids is 1. The molecule has 1 aromatic rings. The molecule has 0 spiro atoms. The van der Waals surface area contributed by atoms with Crippen LogP contribution in [0.4, 0.5) is 0 Å². The first kappa shape index (κ1) is 17.0. The normalized spacial score (nSPS) is 12.5. The van der Waals surface area contributed by atoms with E-state index >= 15 is 0 Å². The van der Waals surface area contributed by atoms with Crippen molar-refractivity contribution in [2.24, 2.45) is 5.92 Å². The smallest absolute Gasteiger partial charge is 0.308 e. The highest BCUT2D eigenvalue weighted by molar-refractivity contribution is 5.91. The first-order valence-corrected chi connectivity index (χ1v) is 6.76. The second kappa shape index (κ2) is 8.97. The molecule has 1 N–H and O–H groups in total. The van der Waals surface area contributed by atoms with Crippen LogP contribution in [-0.4, -0.2) is 48.7 Å². The van der Waals surface area contributed by atoms with Gasteiger partial charge in [-0.25, -0.2) is 0 Å². The summed E-state index contributed by atoms with van der Waals surface area (Å²) in [6.45, 7) is 2.72. The zero-order valence-electron chi connectivity index (χ0n) is 12.3. The number of ether oxygens (including phenoxy) is 1. The van der Waals surface area contributed by atoms with Crippen molar-refractivity contribution >= 4 is 18.0 Å². The number of carboxylic acids is 1. The Morgan fingerprint density at radius 2 is 2.29 bits per heavy atom. The summed E-state index contributed by atoms with van der Waals surface area (Å²) in [5.41, 5.74) is 0. The number of aliphatic carboxylic acids is 1. The van der Waals surface area contributed by atoms with Crippen LogP contribution in [0.5, 0.6) is 0 Å². The van der Waals surface area contributed by atoms with Crippen LogP contribution >= 0.6 is 0 Å². The number of carboxylic acid groups (broad SMARTS) is 1. The van der Waals surface area contributed by atoms with Gasteiger partial charge in [-0.2, -0.15) is 0 Å². The Kier molecular flexibility index (Phi) is 7.25. The molecule has 1 rings (SSSR count). The third-order valence-electron chi connectivity index (χ3n) is 2.94. The van der Waals surface area contributed by atoms with E-state index in [-0.39, 0.29) is 12.5 Å². The van der Waals surface area contributed by atoms with Crippen LogP contribution in [0, 0.1) is 5.92 Å². The molecule has 6 nitrogen and oxygen atoms in total. The molecule has 0 fully saturated rings. The summed E-state index contributed by atoms with van der Waals surface area (Å²) in [4.78, 5) is 24.6. The maximum atomic E-state index is 12.2. The Morgan fingerprint density at radius 3 is 2.86 bits per heavy atom. The molecule has 1 heterocycles. The van der Waals surface area contributed by atoms with Gasteiger partial charge in [0, 0.05) is 32.9 Å². The fourth-order valence-electron chi connectivity index (χ4n) is 1.74. The fraction of sp³-hybridized carbons (Fsp3) is 0.467. The van der Waals surface area contributed by atoms with Crippen molar-refractivity contribution in [3.8, 4) is 0 Å². The van der Waals surface area contributed by atoms with E-state index in [4.69, 9.17) is 14.3 Å². The van der Waals surface area contributed by atoms with Gasteiger partial charge in [-0.15, -0.1) is 0 Å². The van der Waals surface area contributed by atoms with Gasteiger partial charge in [-0.1, -0.05) is 6.92 Å². The van der Waals surface area contributed by atoms with E-state index in [1.807, 2.05) is 0 Å². The number of amides is 1. The number of nitrogens with zero attached hydrogens (tertiary/aromatic N) is 1. The molecule has 0 aliphatic heterocycles. The van der Waals surface area contributed by atoms with Crippen molar-refractivity contribution in [2.45, 2.75) is 13.3 Å². The maximum absolute atomic E-state index is 12.2. The van der Waals surface area contributed by atoms with Crippen molar-refractivity contribution in [1.29, 1.82) is 0 Å². The molecule has 1 unspecified atom stereocenters. The number of hydrogen-bond donors (Lipinski definition) is 1. The molecule has 21 heavy (non-hydrogen) atoms. The van der Waals surface area contributed by atoms with Crippen LogP contribution < -0.4 is 0 Å². The highest BCUT2D eigenvalue weighted by Gasteiger charge is 2.18. The van der Waals surface area contributed by atoms with Crippen LogP contribution in [0.2, 0.25) is 0 Å². The van der Waals surface area contributed by atoms with E-state index in [0.29, 0.717) is 25.3 Å². The van der Waals surface area contributed by atoms with E-state index in [0.717, 1.165) is 0 Å². The SMILES string of the molecule is COCCCN(CC(C)C(=O)O)C(=O)/C=C/c1ccco1. The number of carbonyl (C=O) groups is 2. The third-order valence-corrected chi connectivity index (χ3v) is 2.94. The summed E-state index contributed by atoms with van der Waals surface area (Å²) in [5, 5.41) is 8.97. The predicted molar refractivity (Wildman–Crippen MR) is 77.6 cm³/mol. The summed E-state index contributed by atoms with van der Waals surface area (Å²) < 4.78 is 10.1. The molecule has 1 amide bonds. The highest BCUT2D eigenvalue weighted by Crippen LogP contribution is 2.06. The largest absolute Gasteiger partial charge is 0.481 e. The van der Waals surface area contributed by atoms with Gasteiger partial charge in [0.05, 0.1) is 12.2 Å². The zero-order chi connectivity index (χ0) is 15.7. The average molecular weight is 295 g/mol. The van der Waals surface area contributed by atoms with E-state index in [1.54, 1.807) is 32.2 Å². The first-order valence-electron chi connectivity index (χ1n) is 6.76. The van der Waals surface area contributed by atoms with Gasteiger partial charge in [-0.05, 0) is 24.6 Å². The second-order valence-corrected chi connectivity index (χ2v) is 4.72. The first-order chi connectivity index (χ1) is 10.0. The van der Waals surface area contributed by atoms with Gasteiger partial charge in [0.1, 0.15) is 5.76 Å². The molecule has 0 aliphatic rings. The molecule has 1 atom stereocenters. The van der Waals surface area contributed by atoms with Gasteiger partial charge in [0.15, 0.2) is 0 Å². The Bertz CT molecular complexity index is 466. The molecule has 0 saturated carbocycles. The molecule has 0 bridgehead atoms. The van der Waals surface area contributed by atoms with Crippen LogP contribution in [0.25, 0.3) is 6.08 Å². The molecule has 0 aromatic carbocycles. The summed E-state index contributed by atoms with van der Waals surface area (Å²) in [5.74, 6) is -1.20. The third kappa shape index (κ3) is 6.27. The average Bonchev–Trinajstić information content (AvgIpc) is 2.96. The Hall–Kier alpha value is -2.08. The van der Waals surface area contributed by atoms with Crippen molar-refractivity contribution in [3.63, 3.8) is 0 Å². The predicted octanol–water partition coefficient (Wildman–Crippen LogP) is 1.88. The number of hydrogen-bond acceptors (Lipinski definition) is 4. The van der Waals surface area contributed by atoms with Crippen molar-refractivity contribution in [3.05, 3.63) is 30.2 Å². The lowest BCUT2D eigenvalue weighted by Crippen LogP contribution is -2.37. The lowest BCUT2D eigenvalue weighted by atomic mass is 10.1. The summed E-state index contributed by atoms with van der Waals surface area (Å²) in [6.07, 6.45) is 5.13. The van der Waals surface area contributed by atoms with E-state index in [2.05, 4.69) is 0 Å². The molecule has 0 saturated heterocycles. The summed E-state index contributed by atoms with van der Waals surface area (Å²) in [7, 11) is 1.59. The number of methoxy groups -OCH3 is 1. The van der Waals surface area contributed by atoms with Crippen molar-refractivity contribution in [2.75, 3.05) is 26.8 Å². The minimum atomic E-state index is -0.922. The highest BCUT2D eigenvalue weighted by atomic mass is 16.5. The van der Waals surface area contributed by atoms with Gasteiger partial charge >= 0.3 is 5.97 Å². The van der Waals surface area contributed by atoms with Gasteiger partial charge in [-0.3, -0.25) is 9.59 Å². The second-order valence-electron chi connectivity index (χ2n) is 4.72. The molecule has 0 aliphatic carbocycles. The molecule has 6 heteroatoms. The van der Waals surface area contributed by atoms with Gasteiger partial charge in [0.25, 0.3) is 0 Å². The Morgan fingerprint density at radius 1 is 1.52 bits per heavy atom. The van der Waals surface area contributed by atoms with E-state index in [9.17, 15) is 9.59 Å². The maximum Gasteiger partial charge on any atom is 0.308 e. The quantitative estimate of drug-likeness (QED) is 0.556. The minimum absolute atomic E-state index is 0.167. The number of rotatable bonds is 9. The standard InChI is InChI=1S/C15H21NO5/c1-12(15(18)19)11-16(8-4-9-20-2)14(17)7-6-13-5-3-10-21-13/h3,5-7,10,12H,4,8-9,11H2,1-2H3,(H,18,19)/b7-6+. The molecule has 0 radical (unpaired) electrons. The van der Waals surface area contributed by atoms with Gasteiger partial charge < -0.3 is 19.2 Å². The monoisotopic (exact) mass is 295 g/mol. The van der Waals surface area contributed by atoms with Crippen LogP contribution in [-0.2, 0) is 14.3 Å². The molecule has 116 valence electrons.